The average molecular weight is 232 g/mol. The Morgan fingerprint density at radius 3 is 2.44 bits per heavy atom. The third-order valence-electron chi connectivity index (χ3n) is 2.29. The van der Waals surface area contributed by atoms with Crippen molar-refractivity contribution >= 4 is 11.8 Å². The van der Waals surface area contributed by atoms with E-state index < -0.39 is 0 Å². The van der Waals surface area contributed by atoms with Gasteiger partial charge in [0.25, 0.3) is 0 Å². The lowest BCUT2D eigenvalue weighted by Gasteiger charge is -2.19. The highest BCUT2D eigenvalue weighted by Gasteiger charge is 2.18. The number of ether oxygens (including phenoxy) is 1. The van der Waals surface area contributed by atoms with Gasteiger partial charge in [0.15, 0.2) is 0 Å². The summed E-state index contributed by atoms with van der Waals surface area (Å²) in [6.45, 7) is 0. The summed E-state index contributed by atoms with van der Waals surface area (Å²) in [5, 5.41) is 18.7. The lowest BCUT2D eigenvalue weighted by molar-refractivity contribution is 0.432. The van der Waals surface area contributed by atoms with Gasteiger partial charge < -0.3 is 14.9 Å². The molecule has 0 amide bonds. The van der Waals surface area contributed by atoms with E-state index in [1.807, 2.05) is 0 Å². The Kier molecular flexibility index (Phi) is 1.97. The van der Waals surface area contributed by atoms with Gasteiger partial charge in [-0.25, -0.2) is 0 Å². The van der Waals surface area contributed by atoms with Gasteiger partial charge in [0.1, 0.15) is 23.0 Å². The molecule has 4 heteroatoms. The lowest BCUT2D eigenvalue weighted by atomic mass is 10.3. The molecule has 0 saturated carbocycles. The van der Waals surface area contributed by atoms with Crippen molar-refractivity contribution in [3.05, 3.63) is 36.4 Å². The summed E-state index contributed by atoms with van der Waals surface area (Å²) in [6, 6.07) is 9.94. The van der Waals surface area contributed by atoms with Crippen LogP contribution in [0.15, 0.2) is 46.2 Å². The fourth-order valence-corrected chi connectivity index (χ4v) is 2.52. The van der Waals surface area contributed by atoms with Crippen molar-refractivity contribution in [3.63, 3.8) is 0 Å². The Bertz CT molecular complexity index is 515. The van der Waals surface area contributed by atoms with Gasteiger partial charge in [0.2, 0.25) is 0 Å². The van der Waals surface area contributed by atoms with Crippen LogP contribution < -0.4 is 4.74 Å². The summed E-state index contributed by atoms with van der Waals surface area (Å²) >= 11 is 1.51. The molecular formula is C12H8O3S. The maximum Gasteiger partial charge on any atom is 0.145 e. The molecule has 0 radical (unpaired) electrons. The van der Waals surface area contributed by atoms with Crippen molar-refractivity contribution in [2.24, 2.45) is 0 Å². The molecule has 3 rings (SSSR count). The van der Waals surface area contributed by atoms with Gasteiger partial charge >= 0.3 is 0 Å². The zero-order valence-corrected chi connectivity index (χ0v) is 8.99. The van der Waals surface area contributed by atoms with Crippen LogP contribution in [-0.2, 0) is 0 Å². The smallest absolute Gasteiger partial charge is 0.145 e. The van der Waals surface area contributed by atoms with Gasteiger partial charge in [-0.15, -0.1) is 0 Å². The van der Waals surface area contributed by atoms with Gasteiger partial charge in [-0.05, 0) is 30.3 Å². The van der Waals surface area contributed by atoms with Crippen LogP contribution in [0.5, 0.6) is 23.0 Å². The highest BCUT2D eigenvalue weighted by molar-refractivity contribution is 7.99. The van der Waals surface area contributed by atoms with Crippen LogP contribution in [0.25, 0.3) is 0 Å². The van der Waals surface area contributed by atoms with Crippen molar-refractivity contribution in [1.29, 1.82) is 0 Å². The molecule has 2 aromatic carbocycles. The Labute approximate surface area is 96.3 Å². The van der Waals surface area contributed by atoms with Crippen LogP contribution in [0, 0.1) is 0 Å². The maximum atomic E-state index is 9.37. The highest BCUT2D eigenvalue weighted by atomic mass is 32.2. The molecule has 80 valence electrons. The first-order valence-electron chi connectivity index (χ1n) is 4.74. The Morgan fingerprint density at radius 2 is 1.56 bits per heavy atom. The van der Waals surface area contributed by atoms with Crippen LogP contribution in [0.1, 0.15) is 0 Å². The van der Waals surface area contributed by atoms with Crippen molar-refractivity contribution in [1.82, 2.24) is 0 Å². The molecule has 0 aliphatic carbocycles. The van der Waals surface area contributed by atoms with E-state index in [1.54, 1.807) is 36.4 Å². The summed E-state index contributed by atoms with van der Waals surface area (Å²) in [7, 11) is 0. The van der Waals surface area contributed by atoms with Crippen molar-refractivity contribution in [2.75, 3.05) is 0 Å². The first-order chi connectivity index (χ1) is 7.72. The lowest BCUT2D eigenvalue weighted by Crippen LogP contribution is -1.94. The second-order valence-electron chi connectivity index (χ2n) is 3.47. The summed E-state index contributed by atoms with van der Waals surface area (Å²) in [5.41, 5.74) is 0. The summed E-state index contributed by atoms with van der Waals surface area (Å²) in [4.78, 5) is 1.80. The van der Waals surface area contributed by atoms with E-state index in [0.717, 1.165) is 9.79 Å². The van der Waals surface area contributed by atoms with E-state index in [1.165, 1.54) is 11.8 Å². The molecule has 16 heavy (non-hydrogen) atoms. The Balaban J connectivity index is 2.09. The molecule has 3 nitrogen and oxygen atoms in total. The van der Waals surface area contributed by atoms with Crippen molar-refractivity contribution in [3.8, 4) is 23.0 Å². The second-order valence-corrected chi connectivity index (χ2v) is 4.55. The van der Waals surface area contributed by atoms with Gasteiger partial charge in [0, 0.05) is 6.07 Å². The number of phenolic OH excluding ortho intramolecular Hbond substituents is 2. The quantitative estimate of drug-likeness (QED) is 0.624. The molecule has 0 atom stereocenters. The van der Waals surface area contributed by atoms with Crippen LogP contribution >= 0.6 is 11.8 Å². The number of fused-ring (bicyclic) bond motifs is 2. The largest absolute Gasteiger partial charge is 0.508 e. The molecule has 0 bridgehead atoms. The van der Waals surface area contributed by atoms with E-state index in [2.05, 4.69) is 0 Å². The summed E-state index contributed by atoms with van der Waals surface area (Å²) in [6.07, 6.45) is 0. The fourth-order valence-electron chi connectivity index (χ4n) is 1.56. The minimum absolute atomic E-state index is 0.182. The SMILES string of the molecule is Oc1ccc2c(c1)Oc1ccc(O)cc1S2. The van der Waals surface area contributed by atoms with Crippen LogP contribution in [0.3, 0.4) is 0 Å². The molecule has 0 fully saturated rings. The summed E-state index contributed by atoms with van der Waals surface area (Å²) in [5.74, 6) is 1.74. The Hall–Kier alpha value is -1.81. The van der Waals surface area contributed by atoms with Gasteiger partial charge in [-0.2, -0.15) is 0 Å². The van der Waals surface area contributed by atoms with Gasteiger partial charge in [0.05, 0.1) is 9.79 Å². The zero-order valence-electron chi connectivity index (χ0n) is 8.18. The maximum absolute atomic E-state index is 9.37. The van der Waals surface area contributed by atoms with E-state index in [4.69, 9.17) is 4.74 Å². The van der Waals surface area contributed by atoms with Gasteiger partial charge in [-0.1, -0.05) is 11.8 Å². The highest BCUT2D eigenvalue weighted by Crippen LogP contribution is 2.48. The standard InChI is InChI=1S/C12H8O3S/c13-7-2-4-11-10(5-7)15-9-3-1-8(14)6-12(9)16-11/h1-6,13-14H. The fraction of sp³-hybridized carbons (Fsp3) is 0. The molecule has 2 N–H and O–H groups in total. The first-order valence-corrected chi connectivity index (χ1v) is 5.56. The predicted molar refractivity (Wildman–Crippen MR) is 60.4 cm³/mol. The van der Waals surface area contributed by atoms with Crippen LogP contribution in [0.2, 0.25) is 0 Å². The molecule has 1 aliphatic rings. The van der Waals surface area contributed by atoms with Crippen molar-refractivity contribution < 1.29 is 14.9 Å². The number of benzene rings is 2. The first kappa shape index (κ1) is 9.42. The molecule has 1 heterocycles. The third-order valence-corrected chi connectivity index (χ3v) is 3.39. The van der Waals surface area contributed by atoms with Crippen LogP contribution in [-0.4, -0.2) is 10.2 Å². The molecule has 0 saturated heterocycles. The van der Waals surface area contributed by atoms with E-state index in [-0.39, 0.29) is 11.5 Å². The minimum Gasteiger partial charge on any atom is -0.508 e. The third kappa shape index (κ3) is 1.47. The van der Waals surface area contributed by atoms with Crippen LogP contribution in [0.4, 0.5) is 0 Å². The van der Waals surface area contributed by atoms with E-state index in [0.29, 0.717) is 11.5 Å². The molecule has 0 spiro atoms. The predicted octanol–water partition coefficient (Wildman–Crippen LogP) is 3.35. The minimum atomic E-state index is 0.182. The number of aromatic hydroxyl groups is 2. The van der Waals surface area contributed by atoms with Crippen molar-refractivity contribution in [2.45, 2.75) is 9.79 Å². The average Bonchev–Trinajstić information content (AvgIpc) is 2.26. The van der Waals surface area contributed by atoms with Gasteiger partial charge in [-0.3, -0.25) is 0 Å². The monoisotopic (exact) mass is 232 g/mol. The summed E-state index contributed by atoms with van der Waals surface area (Å²) < 4.78 is 5.62. The van der Waals surface area contributed by atoms with E-state index in [9.17, 15) is 10.2 Å². The topological polar surface area (TPSA) is 49.7 Å². The molecular weight excluding hydrogens is 224 g/mol. The number of hydrogen-bond donors (Lipinski definition) is 2. The normalized spacial score (nSPS) is 12.5. The molecule has 1 aliphatic heterocycles. The molecule has 0 aromatic heterocycles. The number of rotatable bonds is 0. The number of hydrogen-bond acceptors (Lipinski definition) is 4. The molecule has 2 aromatic rings. The zero-order chi connectivity index (χ0) is 11.1. The Morgan fingerprint density at radius 1 is 0.812 bits per heavy atom. The second kappa shape index (κ2) is 3.35. The molecule has 0 unspecified atom stereocenters. The van der Waals surface area contributed by atoms with E-state index >= 15 is 0 Å². The number of phenols is 2.